The van der Waals surface area contributed by atoms with Gasteiger partial charge in [0.1, 0.15) is 5.75 Å². The highest BCUT2D eigenvalue weighted by atomic mass is 32.2. The largest absolute Gasteiger partial charge is 0.495 e. The van der Waals surface area contributed by atoms with E-state index >= 15 is 0 Å². The molecule has 150 valence electrons. The maximum absolute atomic E-state index is 12.4. The standard InChI is InChI=1S/C19H29N3O4S/c1-20(16-8-14-27(24,25)15-16)19(23)7-9-21-10-12-22(13-11-21)17-5-3-4-6-18(17)26-2/h3-6,16H,7-15H2,1-2H3. The summed E-state index contributed by atoms with van der Waals surface area (Å²) in [6.45, 7) is 4.29. The second kappa shape index (κ2) is 8.48. The van der Waals surface area contributed by atoms with Crippen LogP contribution in [-0.4, -0.2) is 88.6 Å². The Morgan fingerprint density at radius 3 is 2.56 bits per heavy atom. The predicted molar refractivity (Wildman–Crippen MR) is 106 cm³/mol. The number of amides is 1. The van der Waals surface area contributed by atoms with Crippen molar-refractivity contribution in [2.45, 2.75) is 18.9 Å². The van der Waals surface area contributed by atoms with Crippen LogP contribution in [0.1, 0.15) is 12.8 Å². The molecule has 1 aromatic rings. The van der Waals surface area contributed by atoms with E-state index in [1.165, 1.54) is 0 Å². The molecule has 0 radical (unpaired) electrons. The van der Waals surface area contributed by atoms with E-state index in [2.05, 4.69) is 15.9 Å². The summed E-state index contributed by atoms with van der Waals surface area (Å²) in [7, 11) is 0.449. The molecule has 3 rings (SSSR count). The first kappa shape index (κ1) is 19.9. The molecule has 1 atom stereocenters. The molecule has 1 unspecified atom stereocenters. The molecule has 0 spiro atoms. The molecule has 1 amide bonds. The number of hydrogen-bond acceptors (Lipinski definition) is 6. The number of methoxy groups -OCH3 is 1. The monoisotopic (exact) mass is 395 g/mol. The third kappa shape index (κ3) is 4.93. The van der Waals surface area contributed by atoms with Gasteiger partial charge >= 0.3 is 0 Å². The molecular formula is C19H29N3O4S. The van der Waals surface area contributed by atoms with Gasteiger partial charge in [-0.15, -0.1) is 0 Å². The second-order valence-electron chi connectivity index (χ2n) is 7.31. The van der Waals surface area contributed by atoms with E-state index in [1.54, 1.807) is 19.1 Å². The minimum Gasteiger partial charge on any atom is -0.495 e. The number of nitrogens with zero attached hydrogens (tertiary/aromatic N) is 3. The lowest BCUT2D eigenvalue weighted by Crippen LogP contribution is -2.47. The Kier molecular flexibility index (Phi) is 6.26. The normalized spacial score (nSPS) is 22.6. The van der Waals surface area contributed by atoms with Crippen molar-refractivity contribution in [1.82, 2.24) is 9.80 Å². The quantitative estimate of drug-likeness (QED) is 0.711. The third-order valence-corrected chi connectivity index (χ3v) is 7.34. The maximum atomic E-state index is 12.4. The van der Waals surface area contributed by atoms with Crippen molar-refractivity contribution < 1.29 is 17.9 Å². The van der Waals surface area contributed by atoms with Gasteiger partial charge in [-0.1, -0.05) is 12.1 Å². The van der Waals surface area contributed by atoms with Gasteiger partial charge < -0.3 is 14.5 Å². The molecule has 2 aliphatic rings. The molecule has 2 aliphatic heterocycles. The van der Waals surface area contributed by atoms with Crippen molar-refractivity contribution in [3.63, 3.8) is 0 Å². The number of para-hydroxylation sites is 2. The zero-order chi connectivity index (χ0) is 19.4. The van der Waals surface area contributed by atoms with Gasteiger partial charge in [0.2, 0.25) is 5.91 Å². The van der Waals surface area contributed by atoms with Crippen molar-refractivity contribution >= 4 is 21.4 Å². The van der Waals surface area contributed by atoms with Gasteiger partial charge in [-0.3, -0.25) is 9.69 Å². The minimum absolute atomic E-state index is 0.0317. The van der Waals surface area contributed by atoms with E-state index in [-0.39, 0.29) is 23.5 Å². The summed E-state index contributed by atoms with van der Waals surface area (Å²) in [6, 6.07) is 7.87. The van der Waals surface area contributed by atoms with Crippen molar-refractivity contribution in [1.29, 1.82) is 0 Å². The molecule has 27 heavy (non-hydrogen) atoms. The molecule has 0 aromatic heterocycles. The first-order valence-electron chi connectivity index (χ1n) is 9.46. The van der Waals surface area contributed by atoms with E-state index in [9.17, 15) is 13.2 Å². The van der Waals surface area contributed by atoms with E-state index < -0.39 is 9.84 Å². The number of hydrogen-bond donors (Lipinski definition) is 0. The highest BCUT2D eigenvalue weighted by Gasteiger charge is 2.32. The van der Waals surface area contributed by atoms with Gasteiger partial charge in [-0.25, -0.2) is 8.42 Å². The Hall–Kier alpha value is -1.80. The molecule has 2 fully saturated rings. The fourth-order valence-electron chi connectivity index (χ4n) is 3.82. The summed E-state index contributed by atoms with van der Waals surface area (Å²) < 4.78 is 28.7. The maximum Gasteiger partial charge on any atom is 0.223 e. The zero-order valence-electron chi connectivity index (χ0n) is 16.1. The molecule has 0 saturated carbocycles. The average Bonchev–Trinajstić information content (AvgIpc) is 3.05. The number of carbonyl (C=O) groups excluding carboxylic acids is 1. The summed E-state index contributed by atoms with van der Waals surface area (Å²) in [5, 5.41) is 0. The molecule has 2 saturated heterocycles. The topological polar surface area (TPSA) is 70.2 Å². The molecule has 0 bridgehead atoms. The van der Waals surface area contributed by atoms with E-state index in [0.717, 1.165) is 37.6 Å². The molecular weight excluding hydrogens is 366 g/mol. The lowest BCUT2D eigenvalue weighted by atomic mass is 10.2. The van der Waals surface area contributed by atoms with Gasteiger partial charge in [0.15, 0.2) is 9.84 Å². The first-order chi connectivity index (χ1) is 12.9. The lowest BCUT2D eigenvalue weighted by molar-refractivity contribution is -0.131. The molecule has 1 aromatic carbocycles. The first-order valence-corrected chi connectivity index (χ1v) is 11.3. The van der Waals surface area contributed by atoms with Crippen LogP contribution in [0.2, 0.25) is 0 Å². The third-order valence-electron chi connectivity index (χ3n) is 5.59. The van der Waals surface area contributed by atoms with Gasteiger partial charge in [0.25, 0.3) is 0 Å². The number of anilines is 1. The van der Waals surface area contributed by atoms with Crippen LogP contribution in [0.3, 0.4) is 0 Å². The summed E-state index contributed by atoms with van der Waals surface area (Å²) in [5.41, 5.74) is 1.11. The van der Waals surface area contributed by atoms with Gasteiger partial charge in [0, 0.05) is 52.2 Å². The summed E-state index contributed by atoms with van der Waals surface area (Å²) in [6.07, 6.45) is 0.990. The molecule has 7 nitrogen and oxygen atoms in total. The molecule has 0 N–H and O–H groups in total. The van der Waals surface area contributed by atoms with Crippen LogP contribution in [0.5, 0.6) is 5.75 Å². The number of rotatable bonds is 6. The van der Waals surface area contributed by atoms with Crippen LogP contribution in [0.4, 0.5) is 5.69 Å². The second-order valence-corrected chi connectivity index (χ2v) is 9.54. The predicted octanol–water partition coefficient (Wildman–Crippen LogP) is 0.853. The Morgan fingerprint density at radius 1 is 1.22 bits per heavy atom. The van der Waals surface area contributed by atoms with Gasteiger partial charge in [0.05, 0.1) is 24.3 Å². The van der Waals surface area contributed by atoms with Crippen LogP contribution >= 0.6 is 0 Å². The van der Waals surface area contributed by atoms with Crippen LogP contribution < -0.4 is 9.64 Å². The minimum atomic E-state index is -2.97. The molecule has 0 aliphatic carbocycles. The average molecular weight is 396 g/mol. The number of carbonyl (C=O) groups is 1. The Morgan fingerprint density at radius 2 is 1.93 bits per heavy atom. The van der Waals surface area contributed by atoms with Crippen LogP contribution in [-0.2, 0) is 14.6 Å². The van der Waals surface area contributed by atoms with Crippen molar-refractivity contribution in [2.24, 2.45) is 0 Å². The molecule has 8 heteroatoms. The number of sulfone groups is 1. The Balaban J connectivity index is 1.45. The van der Waals surface area contributed by atoms with Crippen molar-refractivity contribution in [2.75, 3.05) is 63.3 Å². The number of ether oxygens (including phenoxy) is 1. The highest BCUT2D eigenvalue weighted by molar-refractivity contribution is 7.91. The van der Waals surface area contributed by atoms with Gasteiger partial charge in [-0.2, -0.15) is 0 Å². The fraction of sp³-hybridized carbons (Fsp3) is 0.632. The van der Waals surface area contributed by atoms with Crippen LogP contribution in [0.25, 0.3) is 0 Å². The van der Waals surface area contributed by atoms with E-state index in [0.29, 0.717) is 19.4 Å². The van der Waals surface area contributed by atoms with Crippen LogP contribution in [0.15, 0.2) is 24.3 Å². The van der Waals surface area contributed by atoms with Crippen LogP contribution in [0, 0.1) is 0 Å². The number of piperazine rings is 1. The Labute approximate surface area is 161 Å². The summed E-state index contributed by atoms with van der Waals surface area (Å²) in [5.74, 6) is 1.21. The lowest BCUT2D eigenvalue weighted by Gasteiger charge is -2.36. The Bertz CT molecular complexity index is 760. The SMILES string of the molecule is COc1ccccc1N1CCN(CCC(=O)N(C)C2CCS(=O)(=O)C2)CC1. The zero-order valence-corrected chi connectivity index (χ0v) is 17.0. The molecule has 2 heterocycles. The fourth-order valence-corrected chi connectivity index (χ4v) is 5.59. The summed E-state index contributed by atoms with van der Waals surface area (Å²) >= 11 is 0. The van der Waals surface area contributed by atoms with E-state index in [1.807, 2.05) is 18.2 Å². The van der Waals surface area contributed by atoms with Crippen molar-refractivity contribution in [3.8, 4) is 5.75 Å². The smallest absolute Gasteiger partial charge is 0.223 e. The van der Waals surface area contributed by atoms with Crippen molar-refractivity contribution in [3.05, 3.63) is 24.3 Å². The summed E-state index contributed by atoms with van der Waals surface area (Å²) in [4.78, 5) is 18.7. The van der Waals surface area contributed by atoms with Gasteiger partial charge in [-0.05, 0) is 18.6 Å². The highest BCUT2D eigenvalue weighted by Crippen LogP contribution is 2.28. The van der Waals surface area contributed by atoms with E-state index in [4.69, 9.17) is 4.74 Å². The number of benzene rings is 1.